The summed E-state index contributed by atoms with van der Waals surface area (Å²) >= 11 is 0. The first-order valence-electron chi connectivity index (χ1n) is 45.5. The zero-order valence-corrected chi connectivity index (χ0v) is 72.8. The molecule has 5 heteroatoms. The van der Waals surface area contributed by atoms with Crippen LogP contribution in [0.4, 0.5) is 0 Å². The van der Waals surface area contributed by atoms with E-state index in [9.17, 15) is 0 Å². The number of pyridine rings is 5. The molecule has 5 aromatic heterocycles. The summed E-state index contributed by atoms with van der Waals surface area (Å²) in [4.78, 5) is 0. The van der Waals surface area contributed by atoms with Crippen molar-refractivity contribution in [2.45, 2.75) is 197 Å². The zero-order chi connectivity index (χ0) is 90.1. The number of fused-ring (bicyclic) bond motifs is 5. The number of aryl methyl sites for hydroxylation is 19. The summed E-state index contributed by atoms with van der Waals surface area (Å²) < 4.78 is 81.9. The van der Waals surface area contributed by atoms with E-state index in [4.69, 9.17) is 12.3 Å². The minimum absolute atomic E-state index is 0.434. The highest BCUT2D eigenvalue weighted by atomic mass is 15.0. The van der Waals surface area contributed by atoms with Gasteiger partial charge in [-0.2, -0.15) is 22.8 Å². The third-order valence-corrected chi connectivity index (χ3v) is 23.9. The van der Waals surface area contributed by atoms with Crippen LogP contribution >= 0.6 is 0 Å². The topological polar surface area (TPSA) is 19.4 Å². The van der Waals surface area contributed by atoms with Gasteiger partial charge in [0.25, 0.3) is 0 Å². The molecule has 10 aromatic carbocycles. The standard InChI is InChI=1S/C23H28N.2C22H26N.2C21H24N/c1-7-18-13-19(8-2)20-9-10-22(24(6)23(20)14-18)21-12-15(3)11-16(4)17(21)5;1-14(2)19-8-7-18-9-10-21(23(6)22(18)13-19)20-12-15(3)11-16(4)17(20)5;1-14(2)18-8-7-9-21-19(18)10-11-22(23(21)6)20-13-15(3)12-16(4)17(20)5;1-6-17-7-8-18-9-10-20(22(5)21(18)13-17)19-12-14(2)11-15(3)16(19)4;1-6-17-8-7-9-20-18(17)10-11-21(22(20)5)19-13-14(2)12-15(3)16(19)4/h9-14H,7-8H2,1-6H3;2*7-14H,1-6H3;2*7-13H,6H2,1-5H3/q5*+1/i2*4D3;;3D3;. The number of nitrogens with zero attached hydrogens (tertiary/aromatic N) is 5. The molecule has 0 bridgehead atoms. The van der Waals surface area contributed by atoms with Gasteiger partial charge in [-0.05, 0) is 303 Å². The van der Waals surface area contributed by atoms with Gasteiger partial charge in [-0.3, -0.25) is 0 Å². The Balaban J connectivity index is 0.000000150. The molecular weight excluding hydrogens is 1380 g/mol. The second-order valence-corrected chi connectivity index (χ2v) is 32.6. The van der Waals surface area contributed by atoms with Crippen molar-refractivity contribution in [1.82, 2.24) is 0 Å². The van der Waals surface area contributed by atoms with Crippen LogP contribution in [0.25, 0.3) is 111 Å². The Morgan fingerprint density at radius 2 is 0.605 bits per heavy atom. The van der Waals surface area contributed by atoms with Gasteiger partial charge >= 0.3 is 0 Å². The molecule has 0 saturated carbocycles. The molecule has 5 heterocycles. The Hall–Kier alpha value is -10.8. The molecule has 0 aliphatic rings. The van der Waals surface area contributed by atoms with Gasteiger partial charge in [-0.1, -0.05) is 156 Å². The number of benzene rings is 10. The van der Waals surface area contributed by atoms with Crippen LogP contribution in [0.1, 0.15) is 196 Å². The van der Waals surface area contributed by atoms with Gasteiger partial charge in [0.1, 0.15) is 35.2 Å². The van der Waals surface area contributed by atoms with Gasteiger partial charge in [0.05, 0.1) is 0 Å². The van der Waals surface area contributed by atoms with Gasteiger partial charge < -0.3 is 0 Å². The third kappa shape index (κ3) is 17.6. The lowest BCUT2D eigenvalue weighted by Gasteiger charge is -2.12. The molecule has 0 fully saturated rings. The van der Waals surface area contributed by atoms with E-state index in [1.807, 2.05) is 48.6 Å². The average molecular weight is 1520 g/mol. The summed E-state index contributed by atoms with van der Waals surface area (Å²) in [6.07, 6.45) is 4.06. The highest BCUT2D eigenvalue weighted by molar-refractivity contribution is 5.86. The summed E-state index contributed by atoms with van der Waals surface area (Å²) in [5, 5.41) is 6.35. The van der Waals surface area contributed by atoms with E-state index in [-0.39, 0.29) is 0 Å². The Bertz CT molecular complexity index is 6530. The van der Waals surface area contributed by atoms with Crippen LogP contribution in [0, 0.1) is 104 Å². The number of aromatic nitrogens is 5. The summed E-state index contributed by atoms with van der Waals surface area (Å²) in [5.74, 6) is 0.999. The first-order chi connectivity index (χ1) is 57.9. The molecule has 0 aliphatic carbocycles. The monoisotopic (exact) mass is 1520 g/mol. The lowest BCUT2D eigenvalue weighted by Crippen LogP contribution is -2.32. The molecule has 15 aromatic rings. The lowest BCUT2D eigenvalue weighted by atomic mass is 9.95. The van der Waals surface area contributed by atoms with Crippen LogP contribution in [0.2, 0.25) is 0 Å². The van der Waals surface area contributed by atoms with Gasteiger partial charge in [-0.25, -0.2) is 0 Å². The van der Waals surface area contributed by atoms with Crippen molar-refractivity contribution in [2.24, 2.45) is 35.2 Å². The summed E-state index contributed by atoms with van der Waals surface area (Å²) in [7, 11) is 10.5. The van der Waals surface area contributed by atoms with Crippen molar-refractivity contribution in [3.63, 3.8) is 0 Å². The zero-order valence-electron chi connectivity index (χ0n) is 81.8. The first-order valence-corrected chi connectivity index (χ1v) is 41.0. The molecule has 114 heavy (non-hydrogen) atoms. The van der Waals surface area contributed by atoms with Crippen molar-refractivity contribution in [3.8, 4) is 56.3 Å². The molecule has 0 spiro atoms. The Morgan fingerprint density at radius 1 is 0.272 bits per heavy atom. The lowest BCUT2D eigenvalue weighted by molar-refractivity contribution is -0.633. The van der Waals surface area contributed by atoms with Crippen molar-refractivity contribution >= 4 is 54.5 Å². The van der Waals surface area contributed by atoms with Gasteiger partial charge in [0.2, 0.25) is 56.1 Å². The molecule has 0 aliphatic heterocycles. The maximum atomic E-state index is 7.89. The smallest absolute Gasteiger partial charge is 0.194 e. The molecule has 0 saturated heterocycles. The highest BCUT2D eigenvalue weighted by Crippen LogP contribution is 2.35. The van der Waals surface area contributed by atoms with E-state index in [1.54, 1.807) is 18.2 Å². The Labute approximate surface area is 697 Å². The normalized spacial score (nSPS) is 12.8. The van der Waals surface area contributed by atoms with Crippen molar-refractivity contribution in [1.29, 1.82) is 0 Å². The summed E-state index contributed by atoms with van der Waals surface area (Å²) in [6.45, 7) is 36.1. The Kier molecular flexibility index (Phi) is 22.6. The van der Waals surface area contributed by atoms with Crippen LogP contribution in [-0.4, -0.2) is 0 Å². The largest absolute Gasteiger partial charge is 0.213 e. The van der Waals surface area contributed by atoms with Crippen LogP contribution < -0.4 is 22.8 Å². The second kappa shape index (κ2) is 35.7. The minimum atomic E-state index is -2.11. The van der Waals surface area contributed by atoms with Gasteiger partial charge in [-0.15, -0.1) is 0 Å². The third-order valence-electron chi connectivity index (χ3n) is 23.9. The fraction of sp³-hybridized carbons (Fsp3) is 0.312. The fourth-order valence-electron chi connectivity index (χ4n) is 16.6. The number of hydrogen-bond donors (Lipinski definition) is 0. The molecule has 0 N–H and O–H groups in total. The van der Waals surface area contributed by atoms with E-state index in [1.165, 1.54) is 133 Å². The van der Waals surface area contributed by atoms with Gasteiger partial charge in [0, 0.05) is 128 Å². The maximum absolute atomic E-state index is 7.89. The van der Waals surface area contributed by atoms with Crippen molar-refractivity contribution < 1.29 is 35.2 Å². The Morgan fingerprint density at radius 3 is 1.01 bits per heavy atom. The van der Waals surface area contributed by atoms with Crippen molar-refractivity contribution in [3.05, 3.63) is 323 Å². The molecular formula is C109H128N5+5. The van der Waals surface area contributed by atoms with Crippen LogP contribution in [0.3, 0.4) is 0 Å². The quantitative estimate of drug-likeness (QED) is 0.115. The summed E-state index contributed by atoms with van der Waals surface area (Å²) in [6, 6.07) is 73.4. The van der Waals surface area contributed by atoms with E-state index in [2.05, 4.69) is 336 Å². The number of rotatable bonds is 11. The van der Waals surface area contributed by atoms with Crippen molar-refractivity contribution in [2.75, 3.05) is 0 Å². The minimum Gasteiger partial charge on any atom is -0.194 e. The second-order valence-electron chi connectivity index (χ2n) is 32.6. The van der Waals surface area contributed by atoms with E-state index >= 15 is 0 Å². The predicted octanol–water partition coefficient (Wildman–Crippen LogP) is 25.8. The van der Waals surface area contributed by atoms with E-state index < -0.39 is 20.6 Å². The average Bonchev–Trinajstić information content (AvgIpc) is 0.778. The maximum Gasteiger partial charge on any atom is 0.213 e. The molecule has 5 nitrogen and oxygen atoms in total. The SMILES string of the molecule is CCc1cccc2c1ccc(-c1cc(C)cc(C)c1C)[n+]2C.Cc1cc(C)c(C)c(-c2ccc3c(C(C)C)cccc3[n+]2C)c1.[2H]C([2H])([2H])c1cc(C)cc(-c2ccc3c(CC)cc(CC)cc3[n+]2C)c1C.[2H]C([2H])([2H])c1cc(C)cc(-c2ccc3ccc(C(C)C)cc3[n+]2C)c1C.[2H]C([2H])([2H])c1cc(C)cc(-c2ccc3ccc(CC)cc3[n+]2C)c1C. The fourth-order valence-corrected chi connectivity index (χ4v) is 16.6. The molecule has 584 valence electrons. The predicted molar refractivity (Wildman–Crippen MR) is 490 cm³/mol. The number of hydrogen-bond acceptors (Lipinski definition) is 0. The van der Waals surface area contributed by atoms with E-state index in [0.29, 0.717) is 28.5 Å². The van der Waals surface area contributed by atoms with Gasteiger partial charge in [0.15, 0.2) is 0 Å². The highest BCUT2D eigenvalue weighted by Gasteiger charge is 2.25. The molecule has 15 rings (SSSR count). The van der Waals surface area contributed by atoms with Crippen LogP contribution in [-0.2, 0) is 60.9 Å². The van der Waals surface area contributed by atoms with Crippen LogP contribution in [0.15, 0.2) is 206 Å². The molecule has 0 amide bonds. The molecule has 0 atom stereocenters. The molecule has 0 radical (unpaired) electrons. The first kappa shape index (κ1) is 72.2. The summed E-state index contributed by atoms with van der Waals surface area (Å²) in [5.41, 5.74) is 40.3. The van der Waals surface area contributed by atoms with E-state index in [0.717, 1.165) is 104 Å². The van der Waals surface area contributed by atoms with Crippen LogP contribution in [0.5, 0.6) is 0 Å². The molecule has 0 unspecified atom stereocenters.